The Morgan fingerprint density at radius 3 is 2.29 bits per heavy atom. The van der Waals surface area contributed by atoms with Crippen molar-refractivity contribution in [3.05, 3.63) is 29.8 Å². The van der Waals surface area contributed by atoms with Gasteiger partial charge in [-0.15, -0.1) is 24.0 Å². The lowest BCUT2D eigenvalue weighted by Crippen LogP contribution is -2.55. The molecule has 0 radical (unpaired) electrons. The van der Waals surface area contributed by atoms with E-state index in [0.29, 0.717) is 24.9 Å². The molecule has 2 N–H and O–H groups in total. The number of aliphatic imine (C=N–C) groups is 1. The Labute approximate surface area is 204 Å². The molecule has 0 saturated carbocycles. The average molecular weight is 543 g/mol. The van der Waals surface area contributed by atoms with Crippen molar-refractivity contribution in [1.29, 1.82) is 0 Å². The molecule has 31 heavy (non-hydrogen) atoms. The molecule has 2 aliphatic rings. The number of piperazine rings is 1. The van der Waals surface area contributed by atoms with Crippen LogP contribution in [0.5, 0.6) is 0 Å². The number of carbonyl (C=O) groups excluding carboxylic acids is 1. The van der Waals surface area contributed by atoms with Crippen LogP contribution >= 0.6 is 24.0 Å². The summed E-state index contributed by atoms with van der Waals surface area (Å²) >= 11 is 0. The zero-order chi connectivity index (χ0) is 21.5. The van der Waals surface area contributed by atoms with Crippen molar-refractivity contribution >= 4 is 41.5 Å². The molecule has 2 heterocycles. The summed E-state index contributed by atoms with van der Waals surface area (Å²) in [6.45, 7) is 11.5. The van der Waals surface area contributed by atoms with E-state index in [1.54, 1.807) is 0 Å². The summed E-state index contributed by atoms with van der Waals surface area (Å²) in [4.78, 5) is 23.2. The van der Waals surface area contributed by atoms with Gasteiger partial charge in [-0.2, -0.15) is 0 Å². The van der Waals surface area contributed by atoms with Gasteiger partial charge in [-0.05, 0) is 37.1 Å². The van der Waals surface area contributed by atoms with Gasteiger partial charge in [0.25, 0.3) is 0 Å². The van der Waals surface area contributed by atoms with Gasteiger partial charge in [-0.3, -0.25) is 14.7 Å². The first-order chi connectivity index (χ1) is 14.5. The van der Waals surface area contributed by atoms with E-state index < -0.39 is 0 Å². The third-order valence-electron chi connectivity index (χ3n) is 6.26. The van der Waals surface area contributed by atoms with E-state index in [9.17, 15) is 4.79 Å². The number of amides is 1. The summed E-state index contributed by atoms with van der Waals surface area (Å²) in [5, 5.41) is 6.94. The van der Waals surface area contributed by atoms with E-state index in [1.807, 2.05) is 24.1 Å². The predicted octanol–water partition coefficient (Wildman–Crippen LogP) is 2.37. The Hall–Kier alpha value is -1.39. The minimum atomic E-state index is 0. The summed E-state index contributed by atoms with van der Waals surface area (Å²) in [6.07, 6.45) is 1.62. The van der Waals surface area contributed by atoms with Crippen LogP contribution in [0.2, 0.25) is 0 Å². The SMILES string of the molecule is CN=C(NCc1ccc(N2CCCC2=O)cc1)NCC(C(C)C)N1CCN(C)CC1.I. The lowest BCUT2D eigenvalue weighted by atomic mass is 10.0. The number of nitrogens with zero attached hydrogens (tertiary/aromatic N) is 4. The normalized spacial score (nSPS) is 19.5. The highest BCUT2D eigenvalue weighted by Gasteiger charge is 2.25. The van der Waals surface area contributed by atoms with Gasteiger partial charge in [0, 0.05) is 71.0 Å². The average Bonchev–Trinajstić information content (AvgIpc) is 3.17. The molecule has 0 bridgehead atoms. The zero-order valence-corrected chi connectivity index (χ0v) is 21.8. The molecular formula is C23H39IN6O. The van der Waals surface area contributed by atoms with Crippen LogP contribution in [0.1, 0.15) is 32.3 Å². The fraction of sp³-hybridized carbons (Fsp3) is 0.652. The van der Waals surface area contributed by atoms with Crippen LogP contribution < -0.4 is 15.5 Å². The lowest BCUT2D eigenvalue weighted by molar-refractivity contribution is -0.117. The lowest BCUT2D eigenvalue weighted by Gasteiger charge is -2.40. The molecule has 7 nitrogen and oxygen atoms in total. The number of anilines is 1. The Kier molecular flexibility index (Phi) is 10.5. The molecule has 8 heteroatoms. The van der Waals surface area contributed by atoms with Crippen LogP contribution in [0.4, 0.5) is 5.69 Å². The largest absolute Gasteiger partial charge is 0.355 e. The van der Waals surface area contributed by atoms with Crippen LogP contribution in [0.3, 0.4) is 0 Å². The number of hydrogen-bond donors (Lipinski definition) is 2. The van der Waals surface area contributed by atoms with Gasteiger partial charge in [0.05, 0.1) is 0 Å². The molecule has 1 atom stereocenters. The van der Waals surface area contributed by atoms with Gasteiger partial charge in [0.15, 0.2) is 5.96 Å². The highest BCUT2D eigenvalue weighted by atomic mass is 127. The van der Waals surface area contributed by atoms with Gasteiger partial charge < -0.3 is 20.4 Å². The monoisotopic (exact) mass is 542 g/mol. The smallest absolute Gasteiger partial charge is 0.227 e. The zero-order valence-electron chi connectivity index (χ0n) is 19.4. The minimum absolute atomic E-state index is 0. The quantitative estimate of drug-likeness (QED) is 0.315. The van der Waals surface area contributed by atoms with E-state index >= 15 is 0 Å². The van der Waals surface area contributed by atoms with Gasteiger partial charge in [0.1, 0.15) is 0 Å². The van der Waals surface area contributed by atoms with Crippen molar-refractivity contribution in [2.45, 2.75) is 39.3 Å². The predicted molar refractivity (Wildman–Crippen MR) is 139 cm³/mol. The maximum atomic E-state index is 11.9. The highest BCUT2D eigenvalue weighted by Crippen LogP contribution is 2.21. The van der Waals surface area contributed by atoms with Gasteiger partial charge in [0.2, 0.25) is 5.91 Å². The van der Waals surface area contributed by atoms with Crippen LogP contribution in [0.15, 0.2) is 29.3 Å². The minimum Gasteiger partial charge on any atom is -0.355 e. The fourth-order valence-corrected chi connectivity index (χ4v) is 4.26. The van der Waals surface area contributed by atoms with Crippen molar-refractivity contribution in [2.75, 3.05) is 58.3 Å². The third-order valence-corrected chi connectivity index (χ3v) is 6.26. The molecule has 0 aliphatic carbocycles. The Bertz CT molecular complexity index is 715. The third kappa shape index (κ3) is 7.32. The van der Waals surface area contributed by atoms with Crippen LogP contribution in [0.25, 0.3) is 0 Å². The van der Waals surface area contributed by atoms with E-state index in [-0.39, 0.29) is 29.9 Å². The number of nitrogens with one attached hydrogen (secondary N) is 2. The first-order valence-corrected chi connectivity index (χ1v) is 11.2. The topological polar surface area (TPSA) is 63.2 Å². The maximum absolute atomic E-state index is 11.9. The molecule has 2 fully saturated rings. The van der Waals surface area contributed by atoms with Crippen molar-refractivity contribution in [3.63, 3.8) is 0 Å². The molecule has 2 saturated heterocycles. The Balaban J connectivity index is 0.00000341. The second-order valence-electron chi connectivity index (χ2n) is 8.77. The molecule has 0 spiro atoms. The first kappa shape index (κ1) is 25.9. The van der Waals surface area contributed by atoms with Crippen LogP contribution in [0, 0.1) is 5.92 Å². The summed E-state index contributed by atoms with van der Waals surface area (Å²) in [6, 6.07) is 8.75. The van der Waals surface area contributed by atoms with Crippen molar-refractivity contribution in [2.24, 2.45) is 10.9 Å². The molecule has 1 aromatic rings. The van der Waals surface area contributed by atoms with Crippen molar-refractivity contribution < 1.29 is 4.79 Å². The van der Waals surface area contributed by atoms with E-state index in [1.165, 1.54) is 5.56 Å². The van der Waals surface area contributed by atoms with Gasteiger partial charge >= 0.3 is 0 Å². The molecule has 1 unspecified atom stereocenters. The standard InChI is InChI=1S/C23H38N6O.HI/c1-18(2)21(28-14-12-27(4)13-15-28)17-26-23(24-3)25-16-19-7-9-20(10-8-19)29-11-5-6-22(29)30;/h7-10,18,21H,5-6,11-17H2,1-4H3,(H2,24,25,26);1H. The molecule has 0 aromatic heterocycles. The summed E-state index contributed by atoms with van der Waals surface area (Å²) < 4.78 is 0. The number of benzene rings is 1. The van der Waals surface area contributed by atoms with Crippen molar-refractivity contribution in [3.8, 4) is 0 Å². The molecule has 3 rings (SSSR count). The highest BCUT2D eigenvalue weighted by molar-refractivity contribution is 14.0. The maximum Gasteiger partial charge on any atom is 0.227 e. The summed E-state index contributed by atoms with van der Waals surface area (Å²) in [5.74, 6) is 1.64. The number of rotatable bonds is 7. The van der Waals surface area contributed by atoms with Crippen LogP contribution in [-0.4, -0.2) is 81.1 Å². The van der Waals surface area contributed by atoms with E-state index in [0.717, 1.165) is 57.3 Å². The van der Waals surface area contributed by atoms with Crippen LogP contribution in [-0.2, 0) is 11.3 Å². The number of likely N-dealkylation sites (N-methyl/N-ethyl adjacent to an activating group) is 1. The number of carbonyl (C=O) groups is 1. The number of guanidine groups is 1. The Morgan fingerprint density at radius 1 is 1.06 bits per heavy atom. The summed E-state index contributed by atoms with van der Waals surface area (Å²) in [7, 11) is 4.01. The molecular weight excluding hydrogens is 503 g/mol. The summed E-state index contributed by atoms with van der Waals surface area (Å²) in [5.41, 5.74) is 2.17. The van der Waals surface area contributed by atoms with E-state index in [2.05, 4.69) is 58.5 Å². The van der Waals surface area contributed by atoms with E-state index in [4.69, 9.17) is 0 Å². The molecule has 2 aliphatic heterocycles. The van der Waals surface area contributed by atoms with Gasteiger partial charge in [-0.1, -0.05) is 26.0 Å². The Morgan fingerprint density at radius 2 is 1.74 bits per heavy atom. The number of hydrogen-bond acceptors (Lipinski definition) is 4. The van der Waals surface area contributed by atoms with Crippen molar-refractivity contribution in [1.82, 2.24) is 20.4 Å². The number of halogens is 1. The fourth-order valence-electron chi connectivity index (χ4n) is 4.26. The second-order valence-corrected chi connectivity index (χ2v) is 8.77. The first-order valence-electron chi connectivity index (χ1n) is 11.2. The molecule has 1 amide bonds. The van der Waals surface area contributed by atoms with Gasteiger partial charge in [-0.25, -0.2) is 0 Å². The second kappa shape index (κ2) is 12.6. The molecule has 1 aromatic carbocycles. The molecule has 174 valence electrons.